The molecule has 3 rings (SSSR count). The van der Waals surface area contributed by atoms with Gasteiger partial charge in [-0.2, -0.15) is 0 Å². The Hall–Kier alpha value is -2.31. The van der Waals surface area contributed by atoms with E-state index in [1.54, 1.807) is 49.4 Å². The Balaban J connectivity index is 1.82. The highest BCUT2D eigenvalue weighted by atomic mass is 35.5. The summed E-state index contributed by atoms with van der Waals surface area (Å²) < 4.78 is 27.8. The Morgan fingerprint density at radius 1 is 1.04 bits per heavy atom. The van der Waals surface area contributed by atoms with Crippen molar-refractivity contribution < 1.29 is 13.2 Å². The minimum absolute atomic E-state index is 0.141. The minimum Gasteiger partial charge on any atom is -0.357 e. The molecule has 2 aromatic carbocycles. The fraction of sp³-hybridized carbons (Fsp3) is 0.250. The van der Waals surface area contributed by atoms with E-state index in [2.05, 4.69) is 10.0 Å². The molecule has 0 unspecified atom stereocenters. The van der Waals surface area contributed by atoms with E-state index in [4.69, 9.17) is 11.6 Å². The molecule has 0 spiro atoms. The summed E-state index contributed by atoms with van der Waals surface area (Å²) in [6.07, 6.45) is 2.17. The van der Waals surface area contributed by atoms with Gasteiger partial charge in [-0.25, -0.2) is 8.42 Å². The second-order valence-corrected chi connectivity index (χ2v) is 8.63. The van der Waals surface area contributed by atoms with Gasteiger partial charge in [0.05, 0.1) is 21.3 Å². The maximum Gasteiger partial charge on any atom is 0.262 e. The van der Waals surface area contributed by atoms with Crippen LogP contribution in [0.25, 0.3) is 0 Å². The third-order valence-corrected chi connectivity index (χ3v) is 6.45. The normalized spacial score (nSPS) is 15.0. The first-order valence-corrected chi connectivity index (χ1v) is 10.5. The topological polar surface area (TPSA) is 75.3 Å². The average Bonchev–Trinajstić information content (AvgIpc) is 2.61. The number of allylic oxidation sites excluding steroid dienone is 2. The Bertz CT molecular complexity index is 1030. The summed E-state index contributed by atoms with van der Waals surface area (Å²) >= 11 is 6.33. The standard InChI is InChI=1S/C20H21ClN2O3S/c1-13-6-3-4-9-20(13)27(25,26)23-15-10-11-18(16(21)12-15)22-17-7-5-8-19(24)14(17)2/h3-4,6,9-12,22-23H,5,7-8H2,1-2H3. The first-order chi connectivity index (χ1) is 12.8. The summed E-state index contributed by atoms with van der Waals surface area (Å²) in [6.45, 7) is 3.55. The van der Waals surface area contributed by atoms with E-state index >= 15 is 0 Å². The predicted octanol–water partition coefficient (Wildman–Crippen LogP) is 4.89. The number of nitrogens with one attached hydrogen (secondary N) is 2. The molecule has 0 heterocycles. The van der Waals surface area contributed by atoms with Crippen LogP contribution in [-0.2, 0) is 14.8 Å². The van der Waals surface area contributed by atoms with Crippen LogP contribution in [-0.4, -0.2) is 14.2 Å². The molecule has 0 aromatic heterocycles. The van der Waals surface area contributed by atoms with Crippen LogP contribution in [0.4, 0.5) is 11.4 Å². The molecule has 0 saturated heterocycles. The number of anilines is 2. The molecule has 0 bridgehead atoms. The summed E-state index contributed by atoms with van der Waals surface area (Å²) in [7, 11) is -3.70. The summed E-state index contributed by atoms with van der Waals surface area (Å²) in [5.41, 5.74) is 3.26. The van der Waals surface area contributed by atoms with Gasteiger partial charge >= 0.3 is 0 Å². The van der Waals surface area contributed by atoms with Crippen molar-refractivity contribution in [1.29, 1.82) is 0 Å². The average molecular weight is 405 g/mol. The van der Waals surface area contributed by atoms with Gasteiger partial charge in [-0.05, 0) is 56.5 Å². The van der Waals surface area contributed by atoms with Gasteiger partial charge in [0.25, 0.3) is 10.0 Å². The van der Waals surface area contributed by atoms with Gasteiger partial charge in [0.15, 0.2) is 5.78 Å². The molecule has 0 amide bonds. The molecule has 2 N–H and O–H groups in total. The number of benzene rings is 2. The fourth-order valence-electron chi connectivity index (χ4n) is 3.04. The highest BCUT2D eigenvalue weighted by molar-refractivity contribution is 7.92. The third kappa shape index (κ3) is 4.34. The Morgan fingerprint density at radius 2 is 1.78 bits per heavy atom. The molecular formula is C20H21ClN2O3S. The van der Waals surface area contributed by atoms with Crippen LogP contribution in [0, 0.1) is 6.92 Å². The van der Waals surface area contributed by atoms with Crippen molar-refractivity contribution in [2.45, 2.75) is 38.0 Å². The summed E-state index contributed by atoms with van der Waals surface area (Å²) in [6, 6.07) is 11.7. The molecule has 1 aliphatic rings. The van der Waals surface area contributed by atoms with E-state index in [9.17, 15) is 13.2 Å². The summed E-state index contributed by atoms with van der Waals surface area (Å²) in [5.74, 6) is 0.141. The van der Waals surface area contributed by atoms with Gasteiger partial charge in [0.2, 0.25) is 0 Å². The molecule has 0 saturated carbocycles. The zero-order valence-corrected chi connectivity index (χ0v) is 16.7. The van der Waals surface area contributed by atoms with Crippen molar-refractivity contribution in [3.8, 4) is 0 Å². The monoisotopic (exact) mass is 404 g/mol. The molecule has 5 nitrogen and oxygen atoms in total. The molecule has 0 fully saturated rings. The van der Waals surface area contributed by atoms with Crippen molar-refractivity contribution in [1.82, 2.24) is 0 Å². The minimum atomic E-state index is -3.70. The molecule has 0 radical (unpaired) electrons. The van der Waals surface area contributed by atoms with Crippen LogP contribution in [0.1, 0.15) is 31.7 Å². The molecule has 27 heavy (non-hydrogen) atoms. The number of sulfonamides is 1. The SMILES string of the molecule is CC1=C(Nc2ccc(NS(=O)(=O)c3ccccc3C)cc2Cl)CCCC1=O. The van der Waals surface area contributed by atoms with Crippen molar-refractivity contribution >= 4 is 38.8 Å². The van der Waals surface area contributed by atoms with Crippen LogP contribution in [0.15, 0.2) is 58.6 Å². The lowest BCUT2D eigenvalue weighted by Crippen LogP contribution is -2.15. The summed E-state index contributed by atoms with van der Waals surface area (Å²) in [4.78, 5) is 12.1. The number of carbonyl (C=O) groups excluding carboxylic acids is 1. The van der Waals surface area contributed by atoms with Crippen LogP contribution in [0.3, 0.4) is 0 Å². The molecule has 7 heteroatoms. The van der Waals surface area contributed by atoms with E-state index < -0.39 is 10.0 Å². The number of aryl methyl sites for hydroxylation is 1. The van der Waals surface area contributed by atoms with E-state index in [0.717, 1.165) is 24.1 Å². The lowest BCUT2D eigenvalue weighted by atomic mass is 9.96. The lowest BCUT2D eigenvalue weighted by molar-refractivity contribution is -0.116. The number of Topliss-reactive ketones (excluding diaryl/α,β-unsaturated/α-hetero) is 1. The van der Waals surface area contributed by atoms with Crippen molar-refractivity contribution in [2.24, 2.45) is 0 Å². The Labute approximate surface area is 164 Å². The van der Waals surface area contributed by atoms with Gasteiger partial charge < -0.3 is 5.32 Å². The number of halogens is 1. The zero-order chi connectivity index (χ0) is 19.6. The maximum atomic E-state index is 12.6. The van der Waals surface area contributed by atoms with Crippen molar-refractivity contribution in [3.05, 3.63) is 64.3 Å². The van der Waals surface area contributed by atoms with E-state index in [0.29, 0.717) is 28.4 Å². The van der Waals surface area contributed by atoms with E-state index in [1.165, 1.54) is 0 Å². The molecule has 0 atom stereocenters. The van der Waals surface area contributed by atoms with Gasteiger partial charge in [0, 0.05) is 17.7 Å². The van der Waals surface area contributed by atoms with Crippen LogP contribution in [0.5, 0.6) is 0 Å². The first kappa shape index (κ1) is 19.5. The number of carbonyl (C=O) groups is 1. The number of hydrogen-bond donors (Lipinski definition) is 2. The van der Waals surface area contributed by atoms with Gasteiger partial charge in [-0.1, -0.05) is 29.8 Å². The van der Waals surface area contributed by atoms with Crippen LogP contribution < -0.4 is 10.0 Å². The van der Waals surface area contributed by atoms with Crippen molar-refractivity contribution in [2.75, 3.05) is 10.0 Å². The predicted molar refractivity (Wildman–Crippen MR) is 109 cm³/mol. The van der Waals surface area contributed by atoms with Crippen LogP contribution >= 0.6 is 11.6 Å². The van der Waals surface area contributed by atoms with Gasteiger partial charge in [0.1, 0.15) is 0 Å². The highest BCUT2D eigenvalue weighted by Gasteiger charge is 2.19. The second kappa shape index (κ2) is 7.74. The Morgan fingerprint density at radius 3 is 2.48 bits per heavy atom. The van der Waals surface area contributed by atoms with E-state index in [1.807, 2.05) is 6.92 Å². The molecule has 0 aliphatic heterocycles. The third-order valence-electron chi connectivity index (χ3n) is 4.59. The smallest absolute Gasteiger partial charge is 0.262 e. The Kier molecular flexibility index (Phi) is 5.58. The van der Waals surface area contributed by atoms with Crippen LogP contribution in [0.2, 0.25) is 5.02 Å². The summed E-state index contributed by atoms with van der Waals surface area (Å²) in [5, 5.41) is 3.58. The maximum absolute atomic E-state index is 12.6. The second-order valence-electron chi connectivity index (χ2n) is 6.57. The largest absolute Gasteiger partial charge is 0.357 e. The van der Waals surface area contributed by atoms with Gasteiger partial charge in [-0.3, -0.25) is 9.52 Å². The zero-order valence-electron chi connectivity index (χ0n) is 15.2. The first-order valence-electron chi connectivity index (χ1n) is 8.66. The molecule has 142 valence electrons. The number of ketones is 1. The number of rotatable bonds is 5. The lowest BCUT2D eigenvalue weighted by Gasteiger charge is -2.19. The fourth-order valence-corrected chi connectivity index (χ4v) is 4.56. The molecule has 2 aromatic rings. The molecule has 1 aliphatic carbocycles. The van der Waals surface area contributed by atoms with Gasteiger partial charge in [-0.15, -0.1) is 0 Å². The highest BCUT2D eigenvalue weighted by Crippen LogP contribution is 2.31. The van der Waals surface area contributed by atoms with E-state index in [-0.39, 0.29) is 10.7 Å². The van der Waals surface area contributed by atoms with Crippen molar-refractivity contribution in [3.63, 3.8) is 0 Å². The quantitative estimate of drug-likeness (QED) is 0.744. The molecular weight excluding hydrogens is 384 g/mol. The number of hydrogen-bond acceptors (Lipinski definition) is 4.